The van der Waals surface area contributed by atoms with E-state index in [0.717, 1.165) is 41.2 Å². The minimum Gasteiger partial charge on any atom is -0.378 e. The molecule has 0 radical (unpaired) electrons. The zero-order chi connectivity index (χ0) is 25.8. The molecule has 9 heteroatoms. The van der Waals surface area contributed by atoms with Gasteiger partial charge in [-0.1, -0.05) is 19.4 Å². The summed E-state index contributed by atoms with van der Waals surface area (Å²) in [6.07, 6.45) is 5.21. The number of nitrogens with one attached hydrogen (secondary N) is 2. The molecule has 3 heterocycles. The standard InChI is InChI=1S/C28H28N8O/c1-4-7-22-17-25(36-28(32-22)33-26(34-36)20-9-6-15-29-18-20)30-23-10-5-8-19(16-23)27(37)31-21-11-13-24(14-12-21)35(2)3/h5-6,8-18,30H,4,7H2,1-3H3,(H,31,37). The summed E-state index contributed by atoms with van der Waals surface area (Å²) < 4.78 is 1.68. The Morgan fingerprint density at radius 2 is 1.81 bits per heavy atom. The van der Waals surface area contributed by atoms with E-state index in [4.69, 9.17) is 0 Å². The van der Waals surface area contributed by atoms with Crippen LogP contribution in [0.3, 0.4) is 0 Å². The van der Waals surface area contributed by atoms with Crippen LogP contribution in [0.5, 0.6) is 0 Å². The molecule has 0 spiro atoms. The van der Waals surface area contributed by atoms with Gasteiger partial charge in [0.05, 0.1) is 0 Å². The van der Waals surface area contributed by atoms with Gasteiger partial charge < -0.3 is 15.5 Å². The number of amides is 1. The SMILES string of the molecule is CCCc1cc(Nc2cccc(C(=O)Nc3ccc(N(C)C)cc3)c2)n2nc(-c3cccnc3)nc2n1. The van der Waals surface area contributed by atoms with Crippen LogP contribution in [-0.2, 0) is 6.42 Å². The summed E-state index contributed by atoms with van der Waals surface area (Å²) in [5.41, 5.74) is 4.82. The summed E-state index contributed by atoms with van der Waals surface area (Å²) in [6.45, 7) is 2.11. The molecule has 0 saturated heterocycles. The number of benzene rings is 2. The number of carbonyl (C=O) groups excluding carboxylic acids is 1. The number of carbonyl (C=O) groups is 1. The van der Waals surface area contributed by atoms with Crippen molar-refractivity contribution >= 4 is 34.6 Å². The van der Waals surface area contributed by atoms with E-state index >= 15 is 0 Å². The van der Waals surface area contributed by atoms with Crippen molar-refractivity contribution in [1.82, 2.24) is 24.6 Å². The Kier molecular flexibility index (Phi) is 6.76. The molecule has 0 fully saturated rings. The van der Waals surface area contributed by atoms with Crippen molar-refractivity contribution in [2.45, 2.75) is 19.8 Å². The highest BCUT2D eigenvalue weighted by molar-refractivity contribution is 6.05. The molecule has 0 aliphatic heterocycles. The van der Waals surface area contributed by atoms with Crippen LogP contribution in [0.4, 0.5) is 22.9 Å². The quantitative estimate of drug-likeness (QED) is 0.307. The Morgan fingerprint density at radius 3 is 2.54 bits per heavy atom. The molecular formula is C28H28N8O. The largest absolute Gasteiger partial charge is 0.378 e. The minimum atomic E-state index is -0.188. The number of rotatable bonds is 8. The van der Waals surface area contributed by atoms with Crippen LogP contribution in [0, 0.1) is 0 Å². The van der Waals surface area contributed by atoms with E-state index in [-0.39, 0.29) is 5.91 Å². The lowest BCUT2D eigenvalue weighted by atomic mass is 10.1. The van der Waals surface area contributed by atoms with Crippen LogP contribution in [0.2, 0.25) is 0 Å². The van der Waals surface area contributed by atoms with E-state index in [1.807, 2.05) is 79.7 Å². The molecule has 0 unspecified atom stereocenters. The zero-order valence-electron chi connectivity index (χ0n) is 21.0. The van der Waals surface area contributed by atoms with Gasteiger partial charge in [-0.25, -0.2) is 4.98 Å². The lowest BCUT2D eigenvalue weighted by Crippen LogP contribution is -2.13. The van der Waals surface area contributed by atoms with Gasteiger partial charge in [0.2, 0.25) is 0 Å². The molecule has 0 saturated carbocycles. The van der Waals surface area contributed by atoms with Crippen molar-refractivity contribution in [3.63, 3.8) is 0 Å². The predicted octanol–water partition coefficient (Wildman–Crippen LogP) is 5.20. The summed E-state index contributed by atoms with van der Waals surface area (Å²) in [5.74, 6) is 1.58. The highest BCUT2D eigenvalue weighted by atomic mass is 16.1. The van der Waals surface area contributed by atoms with E-state index in [1.165, 1.54) is 0 Å². The number of hydrogen-bond acceptors (Lipinski definition) is 7. The Morgan fingerprint density at radius 1 is 0.973 bits per heavy atom. The topological polar surface area (TPSA) is 100 Å². The number of pyridine rings is 1. The summed E-state index contributed by atoms with van der Waals surface area (Å²) >= 11 is 0. The van der Waals surface area contributed by atoms with Gasteiger partial charge in [-0.2, -0.15) is 9.50 Å². The van der Waals surface area contributed by atoms with Crippen molar-refractivity contribution in [2.75, 3.05) is 29.6 Å². The highest BCUT2D eigenvalue weighted by Crippen LogP contribution is 2.23. The Bertz CT molecular complexity index is 1530. The zero-order valence-corrected chi connectivity index (χ0v) is 21.0. The molecule has 3 aromatic heterocycles. The van der Waals surface area contributed by atoms with Crippen molar-refractivity contribution < 1.29 is 4.79 Å². The van der Waals surface area contributed by atoms with E-state index < -0.39 is 0 Å². The smallest absolute Gasteiger partial charge is 0.255 e. The molecule has 0 aliphatic rings. The fraction of sp³-hybridized carbons (Fsp3) is 0.179. The van der Waals surface area contributed by atoms with Crippen molar-refractivity contribution in [1.29, 1.82) is 0 Å². The maximum Gasteiger partial charge on any atom is 0.255 e. The van der Waals surface area contributed by atoms with Crippen LogP contribution < -0.4 is 15.5 Å². The first-order chi connectivity index (χ1) is 18.0. The Hall–Kier alpha value is -4.79. The van der Waals surface area contributed by atoms with Gasteiger partial charge in [0, 0.05) is 66.4 Å². The van der Waals surface area contributed by atoms with Crippen LogP contribution >= 0.6 is 0 Å². The molecule has 1 amide bonds. The van der Waals surface area contributed by atoms with Gasteiger partial charge in [-0.05, 0) is 61.0 Å². The molecule has 2 aromatic carbocycles. The average molecular weight is 493 g/mol. The number of aromatic nitrogens is 5. The van der Waals surface area contributed by atoms with Gasteiger partial charge in [-0.3, -0.25) is 9.78 Å². The van der Waals surface area contributed by atoms with E-state index in [0.29, 0.717) is 23.0 Å². The lowest BCUT2D eigenvalue weighted by molar-refractivity contribution is 0.102. The third-order valence-electron chi connectivity index (χ3n) is 5.83. The normalized spacial score (nSPS) is 10.9. The predicted molar refractivity (Wildman–Crippen MR) is 146 cm³/mol. The summed E-state index contributed by atoms with van der Waals surface area (Å²) in [5, 5.41) is 11.0. The van der Waals surface area contributed by atoms with Crippen molar-refractivity contribution in [2.24, 2.45) is 0 Å². The summed E-state index contributed by atoms with van der Waals surface area (Å²) in [4.78, 5) is 28.5. The summed E-state index contributed by atoms with van der Waals surface area (Å²) in [6, 6.07) is 20.8. The van der Waals surface area contributed by atoms with Crippen LogP contribution in [0.15, 0.2) is 79.1 Å². The van der Waals surface area contributed by atoms with Gasteiger partial charge in [0.15, 0.2) is 5.82 Å². The third kappa shape index (κ3) is 5.40. The number of anilines is 4. The van der Waals surface area contributed by atoms with Gasteiger partial charge >= 0.3 is 0 Å². The van der Waals surface area contributed by atoms with Gasteiger partial charge in [0.25, 0.3) is 11.7 Å². The Balaban J connectivity index is 1.42. The number of aryl methyl sites for hydroxylation is 1. The molecule has 5 rings (SSSR count). The lowest BCUT2D eigenvalue weighted by Gasteiger charge is -2.13. The third-order valence-corrected chi connectivity index (χ3v) is 5.83. The van der Waals surface area contributed by atoms with Crippen LogP contribution in [-0.4, -0.2) is 44.6 Å². The minimum absolute atomic E-state index is 0.188. The second kappa shape index (κ2) is 10.4. The van der Waals surface area contributed by atoms with Crippen LogP contribution in [0.1, 0.15) is 29.4 Å². The van der Waals surface area contributed by atoms with Crippen molar-refractivity contribution in [3.8, 4) is 11.4 Å². The number of hydrogen-bond donors (Lipinski definition) is 2. The number of fused-ring (bicyclic) bond motifs is 1. The first-order valence-corrected chi connectivity index (χ1v) is 12.1. The highest BCUT2D eigenvalue weighted by Gasteiger charge is 2.14. The first kappa shape index (κ1) is 23.9. The second-order valence-corrected chi connectivity index (χ2v) is 8.87. The van der Waals surface area contributed by atoms with Gasteiger partial charge in [-0.15, -0.1) is 5.10 Å². The molecule has 186 valence electrons. The molecule has 2 N–H and O–H groups in total. The molecule has 0 aliphatic carbocycles. The maximum absolute atomic E-state index is 13.0. The fourth-order valence-corrected chi connectivity index (χ4v) is 3.94. The Labute approximate surface area is 215 Å². The van der Waals surface area contributed by atoms with E-state index in [9.17, 15) is 4.79 Å². The molecule has 0 bridgehead atoms. The van der Waals surface area contributed by atoms with E-state index in [2.05, 4.69) is 37.6 Å². The average Bonchev–Trinajstić information content (AvgIpc) is 3.35. The van der Waals surface area contributed by atoms with Crippen LogP contribution in [0.25, 0.3) is 17.2 Å². The molecule has 9 nitrogen and oxygen atoms in total. The molecule has 0 atom stereocenters. The monoisotopic (exact) mass is 492 g/mol. The number of nitrogens with zero attached hydrogens (tertiary/aromatic N) is 6. The van der Waals surface area contributed by atoms with Gasteiger partial charge in [0.1, 0.15) is 5.82 Å². The van der Waals surface area contributed by atoms with Crippen molar-refractivity contribution in [3.05, 3.63) is 90.4 Å². The fourth-order valence-electron chi connectivity index (χ4n) is 3.94. The maximum atomic E-state index is 13.0. The second-order valence-electron chi connectivity index (χ2n) is 8.87. The molecule has 5 aromatic rings. The summed E-state index contributed by atoms with van der Waals surface area (Å²) in [7, 11) is 3.96. The first-order valence-electron chi connectivity index (χ1n) is 12.1. The molecular weight excluding hydrogens is 464 g/mol. The van der Waals surface area contributed by atoms with E-state index in [1.54, 1.807) is 23.0 Å². The molecule has 37 heavy (non-hydrogen) atoms.